The number of carbonyl (C=O) groups is 1. The van der Waals surface area contributed by atoms with Gasteiger partial charge in [-0.3, -0.25) is 19.9 Å². The zero-order chi connectivity index (χ0) is 49.1. The van der Waals surface area contributed by atoms with Gasteiger partial charge in [0.2, 0.25) is 0 Å². The van der Waals surface area contributed by atoms with Gasteiger partial charge in [0.05, 0.1) is 45.7 Å². The number of para-hydroxylation sites is 4. The second kappa shape index (κ2) is 25.8. The van der Waals surface area contributed by atoms with Crippen molar-refractivity contribution in [3.63, 3.8) is 0 Å². The van der Waals surface area contributed by atoms with Gasteiger partial charge in [-0.05, 0) is 92.1 Å². The van der Waals surface area contributed by atoms with Crippen LogP contribution in [0.25, 0.3) is 67.1 Å². The molecular formula is C51H35F8N5O4Pt2-2. The van der Waals surface area contributed by atoms with Crippen molar-refractivity contribution in [2.24, 2.45) is 0 Å². The number of benzene rings is 6. The number of aliphatic hydroxyl groups is 2. The molecule has 3 N–H and O–H groups in total. The summed E-state index contributed by atoms with van der Waals surface area (Å²) in [6, 6.07) is 32.4. The summed E-state index contributed by atoms with van der Waals surface area (Å²) >= 11 is 0. The number of fused-ring (bicyclic) bond motifs is 2. The summed E-state index contributed by atoms with van der Waals surface area (Å²) in [6.45, 7) is 3.32. The van der Waals surface area contributed by atoms with E-state index in [1.807, 2.05) is 0 Å². The van der Waals surface area contributed by atoms with E-state index in [4.69, 9.17) is 15.3 Å². The topological polar surface area (TPSA) is 142 Å². The van der Waals surface area contributed by atoms with Gasteiger partial charge in [0.15, 0.2) is 0 Å². The maximum absolute atomic E-state index is 13.7. The van der Waals surface area contributed by atoms with Crippen LogP contribution in [0.15, 0.2) is 134 Å². The molecule has 6 aromatic carbocycles. The fourth-order valence-electron chi connectivity index (χ4n) is 6.40. The average molecular weight is 1320 g/mol. The summed E-state index contributed by atoms with van der Waals surface area (Å²) in [5, 5.41) is 25.4. The summed E-state index contributed by atoms with van der Waals surface area (Å²) in [5.41, 5.74) is 2.55. The van der Waals surface area contributed by atoms with Crippen LogP contribution in [0.5, 0.6) is 0 Å². The van der Waals surface area contributed by atoms with Crippen LogP contribution < -0.4 is 0 Å². The van der Waals surface area contributed by atoms with Crippen LogP contribution in [0.2, 0.25) is 0 Å². The van der Waals surface area contributed by atoms with E-state index in [1.54, 1.807) is 74.5 Å². The van der Waals surface area contributed by atoms with Crippen molar-refractivity contribution in [2.75, 3.05) is 0 Å². The molecule has 9 aromatic rings. The van der Waals surface area contributed by atoms with Crippen molar-refractivity contribution in [2.45, 2.75) is 32.5 Å². The first-order chi connectivity index (χ1) is 32.4. The molecule has 0 aliphatic carbocycles. The van der Waals surface area contributed by atoms with Crippen LogP contribution in [0, 0.1) is 58.7 Å². The quantitative estimate of drug-likeness (QED) is 0.105. The van der Waals surface area contributed by atoms with Gasteiger partial charge in [-0.15, -0.1) is 35.4 Å². The second-order valence-electron chi connectivity index (χ2n) is 14.7. The van der Waals surface area contributed by atoms with E-state index in [-0.39, 0.29) is 105 Å². The molecule has 9 nitrogen and oxygen atoms in total. The van der Waals surface area contributed by atoms with Gasteiger partial charge in [-0.1, -0.05) is 42.5 Å². The zero-order valence-electron chi connectivity index (χ0n) is 36.2. The number of carboxylic acids is 1. The van der Waals surface area contributed by atoms with Gasteiger partial charge < -0.3 is 15.3 Å². The maximum Gasteiger partial charge on any atom is 0.354 e. The first kappa shape index (κ1) is 55.9. The summed E-state index contributed by atoms with van der Waals surface area (Å²) in [4.78, 5) is 31.3. The van der Waals surface area contributed by atoms with Crippen molar-refractivity contribution >= 4 is 28.0 Å². The molecule has 2 atom stereocenters. The monoisotopic (exact) mass is 1320 g/mol. The Balaban J connectivity index is 0.000000228. The number of rotatable bonds is 7. The molecule has 3 heterocycles. The molecule has 2 unspecified atom stereocenters. The van der Waals surface area contributed by atoms with Crippen molar-refractivity contribution < 1.29 is 97.4 Å². The summed E-state index contributed by atoms with van der Waals surface area (Å²) in [6.07, 6.45) is 1.17. The van der Waals surface area contributed by atoms with Crippen molar-refractivity contribution in [1.29, 1.82) is 0 Å². The summed E-state index contributed by atoms with van der Waals surface area (Å²) < 4.78 is 109. The number of aromatic carboxylic acids is 1. The third-order valence-corrected chi connectivity index (χ3v) is 9.09. The van der Waals surface area contributed by atoms with E-state index in [2.05, 4.69) is 37.1 Å². The predicted octanol–water partition coefficient (Wildman–Crippen LogP) is 11.6. The number of hydrogen-bond acceptors (Lipinski definition) is 8. The second-order valence-corrected chi connectivity index (χ2v) is 14.7. The van der Waals surface area contributed by atoms with Crippen molar-refractivity contribution in [3.8, 4) is 45.0 Å². The van der Waals surface area contributed by atoms with Gasteiger partial charge in [-0.2, -0.15) is 0 Å². The van der Waals surface area contributed by atoms with E-state index >= 15 is 0 Å². The number of nitrogens with zero attached hydrogens (tertiary/aromatic N) is 5. The zero-order valence-corrected chi connectivity index (χ0v) is 40.8. The van der Waals surface area contributed by atoms with Crippen LogP contribution in [-0.4, -0.2) is 58.4 Å². The van der Waals surface area contributed by atoms with Gasteiger partial charge in [-0.25, -0.2) is 44.9 Å². The third kappa shape index (κ3) is 15.7. The Morgan fingerprint density at radius 3 is 1.09 bits per heavy atom. The predicted molar refractivity (Wildman–Crippen MR) is 237 cm³/mol. The molecule has 0 amide bonds. The normalized spacial score (nSPS) is 11.3. The average Bonchev–Trinajstić information content (AvgIpc) is 3.27. The van der Waals surface area contributed by atoms with Crippen LogP contribution in [0.3, 0.4) is 0 Å². The molecule has 70 heavy (non-hydrogen) atoms. The van der Waals surface area contributed by atoms with E-state index in [1.165, 1.54) is 12.3 Å². The number of carboxylic acid groups (broad SMARTS) is 1. The van der Waals surface area contributed by atoms with E-state index in [0.29, 0.717) is 40.6 Å². The third-order valence-electron chi connectivity index (χ3n) is 9.09. The molecule has 0 saturated carbocycles. The molecule has 0 spiro atoms. The van der Waals surface area contributed by atoms with Crippen LogP contribution in [-0.2, 0) is 42.1 Å². The Kier molecular flexibility index (Phi) is 20.6. The molecule has 3 aromatic heterocycles. The molecular weight excluding hydrogens is 1290 g/mol. The minimum absolute atomic E-state index is 0. The Bertz CT molecular complexity index is 2780. The SMILES string of the molecule is CC(O)CC(C)O.Fc1[c-]c(-c2nc3ccccc3nc2-c2cc(F)cc(F)c2)cc(F)c1.Fc1[c-]c(-c2nc3ccccc3nc2-c2cc(F)cc(F)c2)cc(F)c1.O=C(O)c1ccccn1.[Pt].[Pt]. The first-order valence-electron chi connectivity index (χ1n) is 20.2. The Morgan fingerprint density at radius 2 is 0.814 bits per heavy atom. The van der Waals surface area contributed by atoms with Crippen LogP contribution in [0.4, 0.5) is 35.1 Å². The molecule has 366 valence electrons. The van der Waals surface area contributed by atoms with Crippen molar-refractivity contribution in [1.82, 2.24) is 24.9 Å². The minimum atomic E-state index is -0.990. The molecule has 0 fully saturated rings. The molecule has 9 rings (SSSR count). The smallest absolute Gasteiger partial charge is 0.354 e. The van der Waals surface area contributed by atoms with Gasteiger partial charge in [0.1, 0.15) is 29.0 Å². The number of halogens is 8. The number of pyridine rings is 1. The standard InChI is InChI=1S/2C20H9F4N2.C6H5NO2.C5H12O2.2Pt/c2*21-13-5-11(6-14(22)9-13)19-20(12-7-15(23)10-16(24)8-12)26-18-4-2-1-3-17(18)25-19;8-6(9)5-3-1-2-4-7-5;1-4(6)3-5(2)7;;/h2*1-7,9-10H;1-4H,(H,8,9);4-7H,3H2,1-2H3;;/q2*-1;;;;. The van der Waals surface area contributed by atoms with E-state index < -0.39 is 52.5 Å². The van der Waals surface area contributed by atoms with Crippen molar-refractivity contribution in [3.05, 3.63) is 198 Å². The Morgan fingerprint density at radius 1 is 0.486 bits per heavy atom. The molecule has 0 aliphatic rings. The largest absolute Gasteiger partial charge is 0.477 e. The molecule has 0 aliphatic heterocycles. The molecule has 0 radical (unpaired) electrons. The number of hydrogen-bond donors (Lipinski definition) is 3. The summed E-state index contributed by atoms with van der Waals surface area (Å²) in [5.74, 6) is -7.63. The molecule has 19 heteroatoms. The Hall–Kier alpha value is -6.64. The first-order valence-corrected chi connectivity index (χ1v) is 20.2. The van der Waals surface area contributed by atoms with Gasteiger partial charge in [0, 0.05) is 95.1 Å². The maximum atomic E-state index is 13.7. The van der Waals surface area contributed by atoms with Gasteiger partial charge in [0.25, 0.3) is 0 Å². The Labute approximate surface area is 423 Å². The fourth-order valence-corrected chi connectivity index (χ4v) is 6.40. The van der Waals surface area contributed by atoms with Gasteiger partial charge >= 0.3 is 5.97 Å². The summed E-state index contributed by atoms with van der Waals surface area (Å²) in [7, 11) is 0. The molecule has 0 saturated heterocycles. The number of aliphatic hydroxyl groups excluding tert-OH is 2. The number of aromatic nitrogens is 5. The van der Waals surface area contributed by atoms with Crippen LogP contribution in [0.1, 0.15) is 30.8 Å². The molecule has 0 bridgehead atoms. The fraction of sp³-hybridized carbons (Fsp3) is 0.0980. The van der Waals surface area contributed by atoms with E-state index in [0.717, 1.165) is 48.5 Å². The van der Waals surface area contributed by atoms with E-state index in [9.17, 15) is 39.9 Å². The minimum Gasteiger partial charge on any atom is -0.477 e. The van der Waals surface area contributed by atoms with Crippen LogP contribution >= 0.6 is 0 Å².